The Morgan fingerprint density at radius 3 is 2.83 bits per heavy atom. The van der Waals surface area contributed by atoms with E-state index in [9.17, 15) is 14.0 Å². The highest BCUT2D eigenvalue weighted by atomic mass is 19.1. The number of amides is 1. The van der Waals surface area contributed by atoms with Crippen LogP contribution in [0.4, 0.5) is 4.39 Å². The van der Waals surface area contributed by atoms with Gasteiger partial charge < -0.3 is 14.8 Å². The van der Waals surface area contributed by atoms with E-state index in [0.717, 1.165) is 55.7 Å². The molecule has 2 heterocycles. The Morgan fingerprint density at radius 1 is 1.30 bits per heavy atom. The lowest BCUT2D eigenvalue weighted by Crippen LogP contribution is -2.44. The minimum atomic E-state index is -0.318. The summed E-state index contributed by atoms with van der Waals surface area (Å²) in [5.74, 6) is -0.0121. The van der Waals surface area contributed by atoms with Gasteiger partial charge in [-0.1, -0.05) is 12.1 Å². The van der Waals surface area contributed by atoms with Crippen molar-refractivity contribution in [1.82, 2.24) is 14.8 Å². The summed E-state index contributed by atoms with van der Waals surface area (Å²) in [6.45, 7) is 9.75. The molecule has 1 aromatic heterocycles. The van der Waals surface area contributed by atoms with E-state index in [1.54, 1.807) is 23.1 Å². The smallest absolute Gasteiger partial charge is 0.261 e. The number of likely N-dealkylation sites (tertiary alicyclic amines) is 1. The highest BCUT2D eigenvalue weighted by molar-refractivity contribution is 5.94. The van der Waals surface area contributed by atoms with E-state index < -0.39 is 0 Å². The summed E-state index contributed by atoms with van der Waals surface area (Å²) >= 11 is 0. The van der Waals surface area contributed by atoms with Gasteiger partial charge in [-0.05, 0) is 81.8 Å². The molecule has 1 saturated heterocycles. The van der Waals surface area contributed by atoms with Crippen molar-refractivity contribution in [2.24, 2.45) is 5.92 Å². The third-order valence-electron chi connectivity index (χ3n) is 6.08. The van der Waals surface area contributed by atoms with Crippen LogP contribution in [-0.2, 0) is 6.42 Å². The molecule has 0 radical (unpaired) electrons. The van der Waals surface area contributed by atoms with Crippen LogP contribution in [0.25, 0.3) is 0 Å². The van der Waals surface area contributed by atoms with Crippen LogP contribution in [0.3, 0.4) is 0 Å². The Kier molecular flexibility index (Phi) is 7.43. The first-order valence-electron chi connectivity index (χ1n) is 10.8. The second-order valence-corrected chi connectivity index (χ2v) is 8.35. The van der Waals surface area contributed by atoms with E-state index in [2.05, 4.69) is 9.88 Å². The molecule has 0 bridgehead atoms. The number of aromatic amines is 1. The summed E-state index contributed by atoms with van der Waals surface area (Å²) in [7, 11) is 0. The monoisotopic (exact) mass is 413 g/mol. The third-order valence-corrected chi connectivity index (χ3v) is 6.08. The summed E-state index contributed by atoms with van der Waals surface area (Å²) in [5.41, 5.74) is 2.62. The number of hydrogen-bond donors (Lipinski definition) is 1. The maximum absolute atomic E-state index is 13.4. The van der Waals surface area contributed by atoms with Crippen molar-refractivity contribution in [3.05, 3.63) is 68.9 Å². The fourth-order valence-electron chi connectivity index (χ4n) is 4.21. The van der Waals surface area contributed by atoms with Crippen LogP contribution in [0.15, 0.2) is 35.1 Å². The number of halogens is 1. The summed E-state index contributed by atoms with van der Waals surface area (Å²) < 4.78 is 13.4. The first-order chi connectivity index (χ1) is 14.4. The van der Waals surface area contributed by atoms with Crippen molar-refractivity contribution in [3.63, 3.8) is 0 Å². The van der Waals surface area contributed by atoms with Gasteiger partial charge in [0.05, 0.1) is 0 Å². The number of aryl methyl sites for hydroxylation is 2. The van der Waals surface area contributed by atoms with Crippen molar-refractivity contribution in [2.45, 2.75) is 40.0 Å². The quantitative estimate of drug-likeness (QED) is 0.755. The molecular formula is C24H32FN3O2. The van der Waals surface area contributed by atoms with Crippen molar-refractivity contribution in [3.8, 4) is 0 Å². The summed E-state index contributed by atoms with van der Waals surface area (Å²) in [6, 6.07) is 8.48. The maximum atomic E-state index is 13.4. The number of hydrogen-bond acceptors (Lipinski definition) is 3. The Balaban J connectivity index is 1.60. The zero-order valence-corrected chi connectivity index (χ0v) is 18.2. The van der Waals surface area contributed by atoms with Crippen molar-refractivity contribution >= 4 is 5.91 Å². The number of pyridine rings is 1. The largest absolute Gasteiger partial charge is 0.338 e. The fourth-order valence-corrected chi connectivity index (χ4v) is 4.21. The highest BCUT2D eigenvalue weighted by Gasteiger charge is 2.25. The lowest BCUT2D eigenvalue weighted by Gasteiger charge is -2.35. The number of piperidine rings is 1. The number of benzene rings is 1. The van der Waals surface area contributed by atoms with E-state index in [1.807, 2.05) is 26.8 Å². The zero-order chi connectivity index (χ0) is 21.7. The average molecular weight is 414 g/mol. The molecule has 1 atom stereocenters. The summed E-state index contributed by atoms with van der Waals surface area (Å²) in [4.78, 5) is 32.3. The third kappa shape index (κ3) is 5.57. The molecule has 30 heavy (non-hydrogen) atoms. The second-order valence-electron chi connectivity index (χ2n) is 8.35. The van der Waals surface area contributed by atoms with Crippen LogP contribution < -0.4 is 5.56 Å². The summed E-state index contributed by atoms with van der Waals surface area (Å²) in [6.07, 6.45) is 2.98. The number of H-pyrrole nitrogens is 1. The molecule has 1 aromatic carbocycles. The minimum absolute atomic E-state index is 0.192. The van der Waals surface area contributed by atoms with Crippen molar-refractivity contribution in [1.29, 1.82) is 0 Å². The van der Waals surface area contributed by atoms with Gasteiger partial charge in [-0.2, -0.15) is 0 Å². The molecule has 162 valence electrons. The molecular weight excluding hydrogens is 381 g/mol. The first kappa shape index (κ1) is 22.2. The Labute approximate surface area is 177 Å². The average Bonchev–Trinajstić information content (AvgIpc) is 2.73. The fraction of sp³-hybridized carbons (Fsp3) is 0.500. The first-order valence-corrected chi connectivity index (χ1v) is 10.8. The molecule has 3 rings (SSSR count). The van der Waals surface area contributed by atoms with E-state index in [-0.39, 0.29) is 22.8 Å². The molecule has 0 aliphatic carbocycles. The number of carbonyl (C=O) groups excluding carboxylic acids is 1. The Bertz CT molecular complexity index is 940. The lowest BCUT2D eigenvalue weighted by atomic mass is 9.96. The van der Waals surface area contributed by atoms with Gasteiger partial charge in [0.25, 0.3) is 11.5 Å². The van der Waals surface area contributed by atoms with Crippen LogP contribution in [0.5, 0.6) is 0 Å². The van der Waals surface area contributed by atoms with Gasteiger partial charge in [-0.15, -0.1) is 0 Å². The van der Waals surface area contributed by atoms with Gasteiger partial charge in [-0.3, -0.25) is 9.59 Å². The molecule has 0 unspecified atom stereocenters. The predicted octanol–water partition coefficient (Wildman–Crippen LogP) is 3.55. The molecule has 1 amide bonds. The van der Waals surface area contributed by atoms with Gasteiger partial charge in [-0.25, -0.2) is 4.39 Å². The number of nitrogens with one attached hydrogen (secondary N) is 1. The Morgan fingerprint density at radius 2 is 2.10 bits per heavy atom. The van der Waals surface area contributed by atoms with Crippen molar-refractivity contribution < 1.29 is 9.18 Å². The molecule has 6 heteroatoms. The Hall–Kier alpha value is -2.47. The number of nitrogens with zero attached hydrogens (tertiary/aromatic N) is 2. The van der Waals surface area contributed by atoms with Crippen LogP contribution >= 0.6 is 0 Å². The molecule has 0 saturated carbocycles. The molecule has 1 N–H and O–H groups in total. The standard InChI is InChI=1S/C24H32FN3O2/c1-4-28(24(30)22-13-17(2)18(3)26-23(22)29)16-20-8-6-11-27(15-20)12-10-19-7-5-9-21(25)14-19/h5,7,9,13-14,20H,4,6,8,10-12,15-16H2,1-3H3,(H,26,29)/t20-/m0/s1. The number of carbonyl (C=O) groups is 1. The molecule has 1 aliphatic rings. The second kappa shape index (κ2) is 10.0. The van der Waals surface area contributed by atoms with Gasteiger partial charge in [0, 0.05) is 31.9 Å². The van der Waals surface area contributed by atoms with Crippen LogP contribution in [0, 0.1) is 25.6 Å². The van der Waals surface area contributed by atoms with Crippen LogP contribution in [0.2, 0.25) is 0 Å². The topological polar surface area (TPSA) is 56.4 Å². The van der Waals surface area contributed by atoms with Crippen LogP contribution in [-0.4, -0.2) is 53.4 Å². The van der Waals surface area contributed by atoms with E-state index in [1.165, 1.54) is 6.07 Å². The number of rotatable bonds is 7. The highest BCUT2D eigenvalue weighted by Crippen LogP contribution is 2.19. The molecule has 2 aromatic rings. The van der Waals surface area contributed by atoms with Crippen LogP contribution in [0.1, 0.15) is 46.9 Å². The van der Waals surface area contributed by atoms with Gasteiger partial charge in [0.1, 0.15) is 11.4 Å². The van der Waals surface area contributed by atoms with Gasteiger partial charge >= 0.3 is 0 Å². The summed E-state index contributed by atoms with van der Waals surface area (Å²) in [5, 5.41) is 0. The molecule has 1 aliphatic heterocycles. The molecule has 0 spiro atoms. The number of aromatic nitrogens is 1. The van der Waals surface area contributed by atoms with E-state index >= 15 is 0 Å². The normalized spacial score (nSPS) is 17.1. The molecule has 5 nitrogen and oxygen atoms in total. The van der Waals surface area contributed by atoms with Gasteiger partial charge in [0.2, 0.25) is 0 Å². The minimum Gasteiger partial charge on any atom is -0.338 e. The SMILES string of the molecule is CCN(C[C@H]1CCCN(CCc2cccc(F)c2)C1)C(=O)c1cc(C)c(C)[nH]c1=O. The van der Waals surface area contributed by atoms with E-state index in [4.69, 9.17) is 0 Å². The lowest BCUT2D eigenvalue weighted by molar-refractivity contribution is 0.0689. The van der Waals surface area contributed by atoms with Crippen molar-refractivity contribution in [2.75, 3.05) is 32.7 Å². The molecule has 1 fully saturated rings. The maximum Gasteiger partial charge on any atom is 0.261 e. The van der Waals surface area contributed by atoms with E-state index in [0.29, 0.717) is 19.0 Å². The van der Waals surface area contributed by atoms with Gasteiger partial charge in [0.15, 0.2) is 0 Å². The predicted molar refractivity (Wildman–Crippen MR) is 117 cm³/mol. The zero-order valence-electron chi connectivity index (χ0n) is 18.2.